The summed E-state index contributed by atoms with van der Waals surface area (Å²) in [4.78, 5) is 11.5. The zero-order valence-corrected chi connectivity index (χ0v) is 16.3. The summed E-state index contributed by atoms with van der Waals surface area (Å²) >= 11 is 0. The number of aliphatic hydroxyl groups excluding tert-OH is 1. The quantitative estimate of drug-likeness (QED) is 0.473. The third-order valence-electron chi connectivity index (χ3n) is 4.35. The average molecular weight is 441 g/mol. The molecule has 4 rings (SSSR count). The lowest BCUT2D eigenvalue weighted by atomic mass is 10.1. The highest BCUT2D eigenvalue weighted by molar-refractivity contribution is 5.85. The second-order valence-electron chi connectivity index (χ2n) is 6.34. The number of hydrogen-bond donors (Lipinski definition) is 2. The summed E-state index contributed by atoms with van der Waals surface area (Å²) in [6.07, 6.45) is -4.94. The topological polar surface area (TPSA) is 97.1 Å². The van der Waals surface area contributed by atoms with Crippen molar-refractivity contribution in [2.45, 2.75) is 25.8 Å². The van der Waals surface area contributed by atoms with Crippen LogP contribution in [0.2, 0.25) is 0 Å². The highest BCUT2D eigenvalue weighted by Crippen LogP contribution is 2.31. The van der Waals surface area contributed by atoms with Crippen molar-refractivity contribution >= 4 is 23.4 Å². The van der Waals surface area contributed by atoms with Gasteiger partial charge >= 0.3 is 6.18 Å². The molecule has 0 amide bonds. The predicted molar refractivity (Wildman–Crippen MR) is 104 cm³/mol. The minimum Gasteiger partial charge on any atom is -0.481 e. The van der Waals surface area contributed by atoms with Crippen molar-refractivity contribution < 1.29 is 27.5 Å². The number of imidazole rings is 1. The molecule has 0 bridgehead atoms. The van der Waals surface area contributed by atoms with E-state index < -0.39 is 18.9 Å². The van der Waals surface area contributed by atoms with Gasteiger partial charge in [0.25, 0.3) is 5.89 Å². The molecule has 1 unspecified atom stereocenters. The van der Waals surface area contributed by atoms with Crippen LogP contribution in [0.3, 0.4) is 0 Å². The van der Waals surface area contributed by atoms with Crippen molar-refractivity contribution in [2.24, 2.45) is 0 Å². The molecule has 2 heterocycles. The Morgan fingerprint density at radius 2 is 1.93 bits per heavy atom. The Balaban J connectivity index is 0.00000256. The number of rotatable bonds is 5. The Morgan fingerprint density at radius 3 is 2.67 bits per heavy atom. The number of nitrogens with one attached hydrogen (secondary N) is 1. The molecule has 0 fully saturated rings. The van der Waals surface area contributed by atoms with Crippen LogP contribution in [-0.4, -0.2) is 37.5 Å². The van der Waals surface area contributed by atoms with Crippen molar-refractivity contribution in [2.75, 3.05) is 0 Å². The molecule has 1 atom stereocenters. The standard InChI is InChI=1S/C19H15F3N4O3.ClH/c1-10(19(20,21)22)28-16-5-3-12(6-13(16)8-27)18-25-17(26-29-18)11-2-4-14-15(7-11)24-9-23-14;/h2-7,9-10,27H,8H2,1H3,(H,23,24);1H. The Bertz CT molecular complexity index is 1160. The molecular formula is C19H16ClF3N4O3. The number of hydrogen-bond acceptors (Lipinski definition) is 6. The van der Waals surface area contributed by atoms with E-state index >= 15 is 0 Å². The van der Waals surface area contributed by atoms with Crippen LogP contribution in [0.1, 0.15) is 12.5 Å². The zero-order valence-electron chi connectivity index (χ0n) is 15.5. The number of benzene rings is 2. The highest BCUT2D eigenvalue weighted by atomic mass is 35.5. The summed E-state index contributed by atoms with van der Waals surface area (Å²) < 4.78 is 48.4. The van der Waals surface area contributed by atoms with Gasteiger partial charge in [-0.05, 0) is 43.3 Å². The molecule has 0 saturated heterocycles. The molecule has 0 radical (unpaired) electrons. The Hall–Kier alpha value is -3.11. The number of H-pyrrole nitrogens is 1. The first-order chi connectivity index (χ1) is 13.8. The molecule has 7 nitrogen and oxygen atoms in total. The fourth-order valence-electron chi connectivity index (χ4n) is 2.74. The van der Waals surface area contributed by atoms with Gasteiger partial charge in [0.2, 0.25) is 5.82 Å². The molecule has 4 aromatic rings. The average Bonchev–Trinajstić information content (AvgIpc) is 3.36. The molecule has 0 spiro atoms. The number of aromatic amines is 1. The van der Waals surface area contributed by atoms with Crippen LogP contribution in [0.4, 0.5) is 13.2 Å². The first-order valence-electron chi connectivity index (χ1n) is 8.60. The normalized spacial score (nSPS) is 12.6. The highest BCUT2D eigenvalue weighted by Gasteiger charge is 2.38. The van der Waals surface area contributed by atoms with Gasteiger partial charge in [-0.15, -0.1) is 12.4 Å². The summed E-state index contributed by atoms with van der Waals surface area (Å²) in [6, 6.07) is 9.73. The van der Waals surface area contributed by atoms with Gasteiger partial charge in [-0.1, -0.05) is 5.16 Å². The van der Waals surface area contributed by atoms with Crippen LogP contribution in [-0.2, 0) is 6.61 Å². The lowest BCUT2D eigenvalue weighted by Crippen LogP contribution is -2.31. The van der Waals surface area contributed by atoms with Gasteiger partial charge in [0.05, 0.1) is 24.0 Å². The summed E-state index contributed by atoms with van der Waals surface area (Å²) in [5.41, 5.74) is 2.93. The van der Waals surface area contributed by atoms with Crippen molar-refractivity contribution in [3.05, 3.63) is 48.3 Å². The molecule has 11 heteroatoms. The molecule has 0 aliphatic rings. The summed E-state index contributed by atoms with van der Waals surface area (Å²) in [6.45, 7) is 0.389. The minimum absolute atomic E-state index is 0. The van der Waals surface area contributed by atoms with Crippen molar-refractivity contribution in [1.82, 2.24) is 20.1 Å². The maximum absolute atomic E-state index is 12.7. The molecule has 0 saturated carbocycles. The lowest BCUT2D eigenvalue weighted by molar-refractivity contribution is -0.189. The van der Waals surface area contributed by atoms with Crippen LogP contribution in [0.15, 0.2) is 47.2 Å². The zero-order chi connectivity index (χ0) is 20.6. The number of nitrogens with zero attached hydrogens (tertiary/aromatic N) is 3. The third kappa shape index (κ3) is 4.24. The number of aromatic nitrogens is 4. The van der Waals surface area contributed by atoms with E-state index in [2.05, 4.69) is 20.1 Å². The maximum Gasteiger partial charge on any atom is 0.425 e. The van der Waals surface area contributed by atoms with Crippen LogP contribution in [0, 0.1) is 0 Å². The van der Waals surface area contributed by atoms with E-state index in [1.807, 2.05) is 12.1 Å². The first-order valence-corrected chi connectivity index (χ1v) is 8.60. The molecule has 2 aromatic carbocycles. The van der Waals surface area contributed by atoms with E-state index in [4.69, 9.17) is 9.26 Å². The van der Waals surface area contributed by atoms with Crippen LogP contribution in [0.5, 0.6) is 5.75 Å². The largest absolute Gasteiger partial charge is 0.481 e. The van der Waals surface area contributed by atoms with Crippen molar-refractivity contribution in [3.8, 4) is 28.6 Å². The van der Waals surface area contributed by atoms with E-state index in [0.717, 1.165) is 18.0 Å². The number of alkyl halides is 3. The van der Waals surface area contributed by atoms with Crippen molar-refractivity contribution in [1.29, 1.82) is 0 Å². The Kier molecular flexibility index (Phi) is 5.99. The van der Waals surface area contributed by atoms with Gasteiger partial charge in [0, 0.05) is 16.7 Å². The second kappa shape index (κ2) is 8.33. The van der Waals surface area contributed by atoms with Gasteiger partial charge in [-0.3, -0.25) is 0 Å². The van der Waals surface area contributed by atoms with Gasteiger partial charge in [-0.25, -0.2) is 4.98 Å². The summed E-state index contributed by atoms with van der Waals surface area (Å²) in [7, 11) is 0. The van der Waals surface area contributed by atoms with Crippen molar-refractivity contribution in [3.63, 3.8) is 0 Å². The van der Waals surface area contributed by atoms with Crippen LogP contribution < -0.4 is 4.74 Å². The van der Waals surface area contributed by atoms with Gasteiger partial charge in [0.1, 0.15) is 5.75 Å². The fraction of sp³-hybridized carbons (Fsp3) is 0.211. The minimum atomic E-state index is -4.51. The van der Waals surface area contributed by atoms with Crippen LogP contribution in [0.25, 0.3) is 33.9 Å². The molecule has 2 aromatic heterocycles. The number of aliphatic hydroxyl groups is 1. The second-order valence-corrected chi connectivity index (χ2v) is 6.34. The molecule has 0 aliphatic carbocycles. The molecule has 0 aliphatic heterocycles. The van der Waals surface area contributed by atoms with Gasteiger partial charge < -0.3 is 19.4 Å². The van der Waals surface area contributed by atoms with Gasteiger partial charge in [-0.2, -0.15) is 18.2 Å². The molecular weight excluding hydrogens is 425 g/mol. The summed E-state index contributed by atoms with van der Waals surface area (Å²) in [5, 5.41) is 13.5. The Labute approximate surface area is 174 Å². The van der Waals surface area contributed by atoms with Crippen LogP contribution >= 0.6 is 12.4 Å². The number of halogens is 4. The summed E-state index contributed by atoms with van der Waals surface area (Å²) in [5.74, 6) is 0.429. The van der Waals surface area contributed by atoms with E-state index in [0.29, 0.717) is 17.0 Å². The predicted octanol–water partition coefficient (Wildman–Crippen LogP) is 4.52. The van der Waals surface area contributed by atoms with E-state index in [1.54, 1.807) is 12.4 Å². The first kappa shape index (κ1) is 21.6. The number of fused-ring (bicyclic) bond motifs is 1. The third-order valence-corrected chi connectivity index (χ3v) is 4.35. The fourth-order valence-corrected chi connectivity index (χ4v) is 2.74. The smallest absolute Gasteiger partial charge is 0.425 e. The maximum atomic E-state index is 12.7. The lowest BCUT2D eigenvalue weighted by Gasteiger charge is -2.19. The monoisotopic (exact) mass is 440 g/mol. The van der Waals surface area contributed by atoms with E-state index in [-0.39, 0.29) is 29.6 Å². The molecule has 158 valence electrons. The SMILES string of the molecule is CC(Oc1ccc(-c2nc(-c3ccc4[nH]cnc4c3)no2)cc1CO)C(F)(F)F.Cl. The molecule has 2 N–H and O–H groups in total. The van der Waals surface area contributed by atoms with E-state index in [1.165, 1.54) is 18.2 Å². The molecule has 30 heavy (non-hydrogen) atoms. The Morgan fingerprint density at radius 1 is 1.17 bits per heavy atom. The number of ether oxygens (including phenoxy) is 1. The van der Waals surface area contributed by atoms with E-state index in [9.17, 15) is 18.3 Å². The van der Waals surface area contributed by atoms with Gasteiger partial charge in [0.15, 0.2) is 6.10 Å².